The lowest BCUT2D eigenvalue weighted by atomic mass is 9.72. The zero-order valence-electron chi connectivity index (χ0n) is 20.1. The first-order valence-electron chi connectivity index (χ1n) is 11.5. The van der Waals surface area contributed by atoms with Crippen molar-refractivity contribution in [2.24, 2.45) is 5.41 Å². The number of aliphatic hydroxyl groups is 1. The van der Waals surface area contributed by atoms with Gasteiger partial charge in [0.1, 0.15) is 12.4 Å². The Morgan fingerprint density at radius 1 is 0.933 bits per heavy atom. The molecule has 1 aromatic rings. The van der Waals surface area contributed by atoms with E-state index in [9.17, 15) is 5.11 Å². The Morgan fingerprint density at radius 3 is 2.10 bits per heavy atom. The summed E-state index contributed by atoms with van der Waals surface area (Å²) in [6, 6.07) is 8.43. The minimum Gasteiger partial charge on any atom is -0.491 e. The summed E-state index contributed by atoms with van der Waals surface area (Å²) >= 11 is 0. The van der Waals surface area contributed by atoms with E-state index in [1.807, 2.05) is 12.1 Å². The van der Waals surface area contributed by atoms with Gasteiger partial charge in [-0.05, 0) is 41.5 Å². The highest BCUT2D eigenvalue weighted by Crippen LogP contribution is 2.36. The molecule has 5 nitrogen and oxygen atoms in total. The molecule has 0 spiro atoms. The van der Waals surface area contributed by atoms with Gasteiger partial charge in [0.2, 0.25) is 0 Å². The lowest BCUT2D eigenvalue weighted by Gasteiger charge is -2.34. The number of hydrogen-bond donors (Lipinski definition) is 1. The molecule has 1 aromatic carbocycles. The van der Waals surface area contributed by atoms with Crippen molar-refractivity contribution in [1.29, 1.82) is 0 Å². The van der Waals surface area contributed by atoms with Gasteiger partial charge in [-0.25, -0.2) is 0 Å². The van der Waals surface area contributed by atoms with Gasteiger partial charge < -0.3 is 19.5 Å². The van der Waals surface area contributed by atoms with Crippen LogP contribution in [0.25, 0.3) is 0 Å². The maximum Gasteiger partial charge on any atom is 0.119 e. The van der Waals surface area contributed by atoms with E-state index in [2.05, 4.69) is 63.5 Å². The van der Waals surface area contributed by atoms with Crippen molar-refractivity contribution in [1.82, 2.24) is 9.80 Å². The Morgan fingerprint density at radius 2 is 1.53 bits per heavy atom. The fraction of sp³-hybridized carbons (Fsp3) is 0.760. The van der Waals surface area contributed by atoms with Crippen LogP contribution in [0.1, 0.15) is 53.5 Å². The normalized spacial score (nSPS) is 17.8. The van der Waals surface area contributed by atoms with Crippen LogP contribution in [0.5, 0.6) is 5.75 Å². The molecule has 1 fully saturated rings. The second kappa shape index (κ2) is 11.5. The first-order valence-corrected chi connectivity index (χ1v) is 11.5. The molecule has 1 N–H and O–H groups in total. The summed E-state index contributed by atoms with van der Waals surface area (Å²) in [4.78, 5) is 4.76. The van der Waals surface area contributed by atoms with E-state index in [0.29, 0.717) is 31.8 Å². The van der Waals surface area contributed by atoms with Gasteiger partial charge >= 0.3 is 0 Å². The van der Waals surface area contributed by atoms with Crippen LogP contribution in [0, 0.1) is 5.41 Å². The second-order valence-corrected chi connectivity index (χ2v) is 10.5. The Hall–Kier alpha value is -1.14. The van der Waals surface area contributed by atoms with E-state index in [4.69, 9.17) is 9.47 Å². The number of rotatable bonds is 11. The Bertz CT molecular complexity index is 602. The summed E-state index contributed by atoms with van der Waals surface area (Å²) in [7, 11) is 0. The Balaban J connectivity index is 1.62. The standard InChI is InChI=1S/C25H44N2O3/c1-7-26-12-14-27(15-13-26)18-22(28)19-29-16-17-30-23-10-8-21(9-11-23)25(5,6)20-24(2,3)4/h8-11,22,28H,7,12-20H2,1-6H3. The van der Waals surface area contributed by atoms with Gasteiger partial charge in [0.15, 0.2) is 0 Å². The fourth-order valence-corrected chi connectivity index (χ4v) is 4.51. The topological polar surface area (TPSA) is 45.2 Å². The van der Waals surface area contributed by atoms with Gasteiger partial charge in [-0.15, -0.1) is 0 Å². The summed E-state index contributed by atoms with van der Waals surface area (Å²) in [5.41, 5.74) is 1.77. The molecule has 0 aromatic heterocycles. The first kappa shape index (κ1) is 25.1. The van der Waals surface area contributed by atoms with Gasteiger partial charge in [0.25, 0.3) is 0 Å². The largest absolute Gasteiger partial charge is 0.491 e. The van der Waals surface area contributed by atoms with Crippen molar-refractivity contribution in [3.8, 4) is 5.75 Å². The number of ether oxygens (including phenoxy) is 2. The van der Waals surface area contributed by atoms with Gasteiger partial charge in [0.05, 0.1) is 19.3 Å². The highest BCUT2D eigenvalue weighted by atomic mass is 16.5. The van der Waals surface area contributed by atoms with Crippen molar-refractivity contribution in [3.05, 3.63) is 29.8 Å². The molecule has 30 heavy (non-hydrogen) atoms. The third kappa shape index (κ3) is 8.93. The maximum absolute atomic E-state index is 10.2. The van der Waals surface area contributed by atoms with Crippen LogP contribution in [0.4, 0.5) is 0 Å². The molecule has 5 heteroatoms. The van der Waals surface area contributed by atoms with E-state index in [1.54, 1.807) is 0 Å². The molecule has 1 heterocycles. The third-order valence-electron chi connectivity index (χ3n) is 5.80. The van der Waals surface area contributed by atoms with Crippen molar-refractivity contribution in [2.45, 2.75) is 59.5 Å². The summed E-state index contributed by atoms with van der Waals surface area (Å²) in [6.45, 7) is 21.0. The molecule has 172 valence electrons. The molecule has 0 bridgehead atoms. The molecular weight excluding hydrogens is 376 g/mol. The number of nitrogens with zero attached hydrogens (tertiary/aromatic N) is 2. The van der Waals surface area contributed by atoms with Crippen LogP contribution < -0.4 is 4.74 Å². The average molecular weight is 421 g/mol. The Labute approximate surface area is 184 Å². The number of β-amino-alcohol motifs (C(OH)–C–C–N with tert-alkyl or cyclic N) is 1. The minimum absolute atomic E-state index is 0.138. The van der Waals surface area contributed by atoms with E-state index in [0.717, 1.165) is 44.9 Å². The monoisotopic (exact) mass is 420 g/mol. The number of hydrogen-bond acceptors (Lipinski definition) is 5. The minimum atomic E-state index is -0.442. The number of benzene rings is 1. The molecule has 1 saturated heterocycles. The molecule has 0 amide bonds. The summed E-state index contributed by atoms with van der Waals surface area (Å²) in [5.74, 6) is 0.864. The zero-order chi connectivity index (χ0) is 22.2. The van der Waals surface area contributed by atoms with Crippen LogP contribution in [-0.4, -0.2) is 80.1 Å². The predicted octanol–water partition coefficient (Wildman–Crippen LogP) is 3.79. The molecule has 1 aliphatic rings. The quantitative estimate of drug-likeness (QED) is 0.552. The molecule has 1 atom stereocenters. The van der Waals surface area contributed by atoms with Crippen molar-refractivity contribution in [3.63, 3.8) is 0 Å². The highest BCUT2D eigenvalue weighted by molar-refractivity contribution is 5.31. The second-order valence-electron chi connectivity index (χ2n) is 10.5. The van der Waals surface area contributed by atoms with Gasteiger partial charge in [-0.3, -0.25) is 4.90 Å². The van der Waals surface area contributed by atoms with Crippen molar-refractivity contribution in [2.75, 3.05) is 59.1 Å². The van der Waals surface area contributed by atoms with Gasteiger partial charge in [-0.2, -0.15) is 0 Å². The summed E-state index contributed by atoms with van der Waals surface area (Å²) in [6.07, 6.45) is 0.687. The lowest BCUT2D eigenvalue weighted by molar-refractivity contribution is 0.000389. The lowest BCUT2D eigenvalue weighted by Crippen LogP contribution is -2.48. The number of piperazine rings is 1. The molecular formula is C25H44N2O3. The van der Waals surface area contributed by atoms with E-state index in [1.165, 1.54) is 5.56 Å². The molecule has 0 aliphatic carbocycles. The van der Waals surface area contributed by atoms with Gasteiger partial charge in [-0.1, -0.05) is 53.7 Å². The molecule has 1 unspecified atom stereocenters. The van der Waals surface area contributed by atoms with Crippen LogP contribution in [0.2, 0.25) is 0 Å². The van der Waals surface area contributed by atoms with E-state index < -0.39 is 6.10 Å². The van der Waals surface area contributed by atoms with E-state index >= 15 is 0 Å². The number of likely N-dealkylation sites (N-methyl/N-ethyl adjacent to an activating group) is 1. The molecule has 1 aliphatic heterocycles. The van der Waals surface area contributed by atoms with Crippen LogP contribution in [0.3, 0.4) is 0 Å². The average Bonchev–Trinajstić information content (AvgIpc) is 2.67. The highest BCUT2D eigenvalue weighted by Gasteiger charge is 2.27. The zero-order valence-corrected chi connectivity index (χ0v) is 20.1. The summed E-state index contributed by atoms with van der Waals surface area (Å²) < 4.78 is 11.4. The summed E-state index contributed by atoms with van der Waals surface area (Å²) in [5, 5.41) is 10.2. The smallest absolute Gasteiger partial charge is 0.119 e. The van der Waals surface area contributed by atoms with Crippen molar-refractivity contribution >= 4 is 0 Å². The molecule has 0 radical (unpaired) electrons. The van der Waals surface area contributed by atoms with Crippen LogP contribution in [-0.2, 0) is 10.2 Å². The third-order valence-corrected chi connectivity index (χ3v) is 5.80. The predicted molar refractivity (Wildman–Crippen MR) is 124 cm³/mol. The first-order chi connectivity index (χ1) is 14.1. The number of aliphatic hydroxyl groups excluding tert-OH is 1. The van der Waals surface area contributed by atoms with E-state index in [-0.39, 0.29) is 5.41 Å². The fourth-order valence-electron chi connectivity index (χ4n) is 4.51. The Kier molecular flexibility index (Phi) is 9.61. The molecule has 0 saturated carbocycles. The molecule has 2 rings (SSSR count). The van der Waals surface area contributed by atoms with Crippen LogP contribution in [0.15, 0.2) is 24.3 Å². The SMILES string of the molecule is CCN1CCN(CC(O)COCCOc2ccc(C(C)(C)CC(C)(C)C)cc2)CC1. The maximum atomic E-state index is 10.2. The van der Waals surface area contributed by atoms with Crippen molar-refractivity contribution < 1.29 is 14.6 Å². The van der Waals surface area contributed by atoms with Gasteiger partial charge in [0, 0.05) is 32.7 Å². The van der Waals surface area contributed by atoms with Crippen LogP contribution >= 0.6 is 0 Å².